The van der Waals surface area contributed by atoms with Gasteiger partial charge in [0, 0.05) is 17.5 Å². The lowest BCUT2D eigenvalue weighted by molar-refractivity contribution is -0.124. The van der Waals surface area contributed by atoms with Crippen LogP contribution in [0.15, 0.2) is 52.6 Å². The zero-order valence-corrected chi connectivity index (χ0v) is 12.4. The van der Waals surface area contributed by atoms with Crippen LogP contribution < -0.4 is 10.7 Å². The molecule has 0 bridgehead atoms. The molecule has 1 aromatic carbocycles. The number of thioether (sulfide) groups is 1. The number of carbonyl (C=O) groups excluding carboxylic acids is 2. The standard InChI is InChI=1S/C15H14N4O2S/c20-14(19-17-9-10-4-3-7-16-10)8-13-15(21)18-11-5-1-2-6-12(11)22-13/h1-7,9,13,16H,8H2,(H,18,21)(H,19,20)/b17-9+/t13-/m1/s1. The highest BCUT2D eigenvalue weighted by molar-refractivity contribution is 8.01. The fourth-order valence-corrected chi connectivity index (χ4v) is 3.15. The van der Waals surface area contributed by atoms with Crippen molar-refractivity contribution in [1.82, 2.24) is 10.4 Å². The van der Waals surface area contributed by atoms with Crippen molar-refractivity contribution in [2.45, 2.75) is 16.6 Å². The highest BCUT2D eigenvalue weighted by Crippen LogP contribution is 2.36. The first-order valence-corrected chi connectivity index (χ1v) is 7.62. The molecule has 22 heavy (non-hydrogen) atoms. The van der Waals surface area contributed by atoms with Crippen molar-refractivity contribution in [3.8, 4) is 0 Å². The average Bonchev–Trinajstić information content (AvgIpc) is 3.01. The number of hydrogen-bond donors (Lipinski definition) is 3. The maximum absolute atomic E-state index is 12.0. The van der Waals surface area contributed by atoms with Gasteiger partial charge in [0.1, 0.15) is 0 Å². The van der Waals surface area contributed by atoms with Gasteiger partial charge >= 0.3 is 0 Å². The first kappa shape index (κ1) is 14.4. The van der Waals surface area contributed by atoms with Crippen molar-refractivity contribution >= 4 is 35.5 Å². The Bertz CT molecular complexity index is 712. The number of nitrogens with zero attached hydrogens (tertiary/aromatic N) is 1. The lowest BCUT2D eigenvalue weighted by atomic mass is 10.2. The van der Waals surface area contributed by atoms with E-state index in [0.717, 1.165) is 16.3 Å². The Morgan fingerprint density at radius 3 is 3.00 bits per heavy atom. The molecule has 1 aromatic heterocycles. The number of benzene rings is 1. The minimum absolute atomic E-state index is 0.0763. The summed E-state index contributed by atoms with van der Waals surface area (Å²) in [5.41, 5.74) is 4.01. The van der Waals surface area contributed by atoms with Gasteiger partial charge in [-0.25, -0.2) is 5.43 Å². The van der Waals surface area contributed by atoms with Crippen LogP contribution in [0.4, 0.5) is 5.69 Å². The van der Waals surface area contributed by atoms with Crippen molar-refractivity contribution in [2.24, 2.45) is 5.10 Å². The van der Waals surface area contributed by atoms with E-state index in [0.29, 0.717) is 0 Å². The topological polar surface area (TPSA) is 86.3 Å². The summed E-state index contributed by atoms with van der Waals surface area (Å²) in [5, 5.41) is 6.21. The molecule has 112 valence electrons. The molecule has 0 fully saturated rings. The van der Waals surface area contributed by atoms with Gasteiger partial charge < -0.3 is 10.3 Å². The van der Waals surface area contributed by atoms with E-state index in [1.807, 2.05) is 36.4 Å². The normalized spacial score (nSPS) is 17.1. The number of carbonyl (C=O) groups is 2. The van der Waals surface area contributed by atoms with Gasteiger partial charge in [0.25, 0.3) is 0 Å². The van der Waals surface area contributed by atoms with Crippen molar-refractivity contribution < 1.29 is 9.59 Å². The molecule has 0 spiro atoms. The smallest absolute Gasteiger partial charge is 0.241 e. The maximum atomic E-state index is 12.0. The van der Waals surface area contributed by atoms with Crippen LogP contribution in [0.3, 0.4) is 0 Å². The second kappa shape index (κ2) is 6.48. The first-order chi connectivity index (χ1) is 10.7. The molecule has 3 N–H and O–H groups in total. The number of nitrogens with one attached hydrogen (secondary N) is 3. The van der Waals surface area contributed by atoms with Gasteiger partial charge in [-0.05, 0) is 24.3 Å². The summed E-state index contributed by atoms with van der Waals surface area (Å²) in [5.74, 6) is -0.456. The number of aromatic nitrogens is 1. The highest BCUT2D eigenvalue weighted by Gasteiger charge is 2.28. The Balaban J connectivity index is 1.57. The molecule has 2 heterocycles. The Morgan fingerprint density at radius 1 is 1.32 bits per heavy atom. The Hall–Kier alpha value is -2.54. The van der Waals surface area contributed by atoms with Crippen molar-refractivity contribution in [2.75, 3.05) is 5.32 Å². The molecule has 1 aliphatic rings. The SMILES string of the molecule is O=C(C[C@H]1Sc2ccccc2NC1=O)N/N=C/c1ccc[nH]1. The first-order valence-electron chi connectivity index (χ1n) is 6.74. The van der Waals surface area contributed by atoms with E-state index < -0.39 is 5.25 Å². The van der Waals surface area contributed by atoms with E-state index in [1.165, 1.54) is 18.0 Å². The zero-order chi connectivity index (χ0) is 15.4. The number of amides is 2. The quantitative estimate of drug-likeness (QED) is 0.595. The van der Waals surface area contributed by atoms with Crippen LogP contribution in [0.25, 0.3) is 0 Å². The van der Waals surface area contributed by atoms with E-state index in [4.69, 9.17) is 0 Å². The van der Waals surface area contributed by atoms with E-state index in [-0.39, 0.29) is 18.2 Å². The van der Waals surface area contributed by atoms with Gasteiger partial charge in [-0.1, -0.05) is 12.1 Å². The van der Waals surface area contributed by atoms with Crippen molar-refractivity contribution in [1.29, 1.82) is 0 Å². The van der Waals surface area contributed by atoms with Gasteiger partial charge in [0.2, 0.25) is 11.8 Å². The van der Waals surface area contributed by atoms with Crippen LogP contribution in [0.5, 0.6) is 0 Å². The number of H-pyrrole nitrogens is 1. The number of para-hydroxylation sites is 1. The summed E-state index contributed by atoms with van der Waals surface area (Å²) in [4.78, 5) is 27.8. The molecule has 0 saturated heterocycles. The lowest BCUT2D eigenvalue weighted by Gasteiger charge is -2.23. The maximum Gasteiger partial charge on any atom is 0.241 e. The van der Waals surface area contributed by atoms with Crippen LogP contribution in [0.2, 0.25) is 0 Å². The Kier molecular flexibility index (Phi) is 4.24. The second-order valence-corrected chi connectivity index (χ2v) is 5.96. The van der Waals surface area contributed by atoms with Crippen molar-refractivity contribution in [3.05, 3.63) is 48.3 Å². The Labute approximate surface area is 131 Å². The summed E-state index contributed by atoms with van der Waals surface area (Å²) < 4.78 is 0. The third-order valence-electron chi connectivity index (χ3n) is 3.09. The van der Waals surface area contributed by atoms with Crippen LogP contribution in [0.1, 0.15) is 12.1 Å². The Morgan fingerprint density at radius 2 is 2.18 bits per heavy atom. The van der Waals surface area contributed by atoms with E-state index in [1.54, 1.807) is 6.20 Å². The molecular formula is C15H14N4O2S. The summed E-state index contributed by atoms with van der Waals surface area (Å²) in [6.45, 7) is 0. The minimum Gasteiger partial charge on any atom is -0.360 e. The van der Waals surface area contributed by atoms with E-state index in [2.05, 4.69) is 20.8 Å². The molecular weight excluding hydrogens is 300 g/mol. The van der Waals surface area contributed by atoms with Gasteiger partial charge in [0.05, 0.1) is 22.8 Å². The van der Waals surface area contributed by atoms with Crippen molar-refractivity contribution in [3.63, 3.8) is 0 Å². The summed E-state index contributed by atoms with van der Waals surface area (Å²) >= 11 is 1.39. The predicted molar refractivity (Wildman–Crippen MR) is 85.9 cm³/mol. The number of hydrogen-bond acceptors (Lipinski definition) is 4. The lowest BCUT2D eigenvalue weighted by Crippen LogP contribution is -2.33. The van der Waals surface area contributed by atoms with Gasteiger partial charge in [0.15, 0.2) is 0 Å². The van der Waals surface area contributed by atoms with E-state index in [9.17, 15) is 9.59 Å². The molecule has 1 atom stereocenters. The van der Waals surface area contributed by atoms with Crippen LogP contribution in [0, 0.1) is 0 Å². The molecule has 0 radical (unpaired) electrons. The molecule has 0 unspecified atom stereocenters. The second-order valence-electron chi connectivity index (χ2n) is 4.71. The third kappa shape index (κ3) is 3.37. The summed E-state index contributed by atoms with van der Waals surface area (Å²) in [6, 6.07) is 11.2. The van der Waals surface area contributed by atoms with Gasteiger partial charge in [-0.15, -0.1) is 11.8 Å². The van der Waals surface area contributed by atoms with E-state index >= 15 is 0 Å². The molecule has 1 aliphatic heterocycles. The van der Waals surface area contributed by atoms with Crippen LogP contribution in [-0.2, 0) is 9.59 Å². The summed E-state index contributed by atoms with van der Waals surface area (Å²) in [6.07, 6.45) is 3.36. The van der Waals surface area contributed by atoms with Crippen LogP contribution in [-0.4, -0.2) is 28.3 Å². The average molecular weight is 314 g/mol. The summed E-state index contributed by atoms with van der Waals surface area (Å²) in [7, 11) is 0. The molecule has 6 nitrogen and oxygen atoms in total. The zero-order valence-electron chi connectivity index (χ0n) is 11.6. The number of aromatic amines is 1. The number of hydrazone groups is 1. The number of fused-ring (bicyclic) bond motifs is 1. The number of rotatable bonds is 4. The highest BCUT2D eigenvalue weighted by atomic mass is 32.2. The van der Waals surface area contributed by atoms with Crippen LogP contribution >= 0.6 is 11.8 Å². The third-order valence-corrected chi connectivity index (χ3v) is 4.37. The fraction of sp³-hybridized carbons (Fsp3) is 0.133. The molecule has 2 amide bonds. The minimum atomic E-state index is -0.449. The monoisotopic (exact) mass is 314 g/mol. The molecule has 0 aliphatic carbocycles. The predicted octanol–water partition coefficient (Wildman–Crippen LogP) is 1.97. The molecule has 7 heteroatoms. The molecule has 0 saturated carbocycles. The van der Waals surface area contributed by atoms with Gasteiger partial charge in [-0.2, -0.15) is 5.10 Å². The molecule has 3 rings (SSSR count). The fourth-order valence-electron chi connectivity index (χ4n) is 2.04. The molecule has 2 aromatic rings. The largest absolute Gasteiger partial charge is 0.360 e. The number of anilines is 1. The van der Waals surface area contributed by atoms with Gasteiger partial charge in [-0.3, -0.25) is 9.59 Å².